The zero-order chi connectivity index (χ0) is 19.2. The average molecular weight is 370 g/mol. The number of hydrogen-bond acceptors (Lipinski definition) is 3. The van der Waals surface area contributed by atoms with Crippen molar-refractivity contribution in [1.82, 2.24) is 10.2 Å². The normalized spacial score (nSPS) is 13.0. The number of halogens is 4. The first-order valence-corrected chi connectivity index (χ1v) is 8.16. The molecule has 0 fully saturated rings. The van der Waals surface area contributed by atoms with Crippen molar-refractivity contribution in [2.75, 3.05) is 27.2 Å². The number of ether oxygens (including phenoxy) is 1. The van der Waals surface area contributed by atoms with Crippen molar-refractivity contribution in [3.63, 3.8) is 0 Å². The Bertz CT molecular complexity index is 687. The lowest BCUT2D eigenvalue weighted by molar-refractivity contribution is -0.153. The van der Waals surface area contributed by atoms with E-state index in [2.05, 4.69) is 5.32 Å². The van der Waals surface area contributed by atoms with Crippen LogP contribution < -0.4 is 10.1 Å². The fraction of sp³-hybridized carbons (Fsp3) is 0.368. The van der Waals surface area contributed by atoms with Gasteiger partial charge in [0.1, 0.15) is 11.6 Å². The Morgan fingerprint density at radius 3 is 2.38 bits per heavy atom. The SMILES string of the molecule is CN(C)C(CNCc1cccc(OCC(F)(F)F)c1)c1ccc(F)cc1. The smallest absolute Gasteiger partial charge is 0.422 e. The Balaban J connectivity index is 1.92. The van der Waals surface area contributed by atoms with Crippen molar-refractivity contribution in [1.29, 1.82) is 0 Å². The summed E-state index contributed by atoms with van der Waals surface area (Å²) < 4.78 is 54.5. The molecule has 0 bridgehead atoms. The van der Waals surface area contributed by atoms with E-state index in [1.54, 1.807) is 24.3 Å². The van der Waals surface area contributed by atoms with Gasteiger partial charge in [-0.3, -0.25) is 0 Å². The summed E-state index contributed by atoms with van der Waals surface area (Å²) in [5.41, 5.74) is 1.80. The number of rotatable bonds is 8. The Labute approximate surface area is 150 Å². The number of alkyl halides is 3. The summed E-state index contributed by atoms with van der Waals surface area (Å²) in [6.45, 7) is -0.224. The van der Waals surface area contributed by atoms with Gasteiger partial charge in [-0.1, -0.05) is 24.3 Å². The van der Waals surface area contributed by atoms with Crippen LogP contribution in [0.25, 0.3) is 0 Å². The minimum Gasteiger partial charge on any atom is -0.484 e. The monoisotopic (exact) mass is 370 g/mol. The largest absolute Gasteiger partial charge is 0.484 e. The maximum Gasteiger partial charge on any atom is 0.422 e. The van der Waals surface area contributed by atoms with Crippen LogP contribution in [0.3, 0.4) is 0 Å². The molecule has 1 atom stereocenters. The fourth-order valence-corrected chi connectivity index (χ4v) is 2.55. The van der Waals surface area contributed by atoms with Crippen LogP contribution >= 0.6 is 0 Å². The molecule has 0 radical (unpaired) electrons. The average Bonchev–Trinajstić information content (AvgIpc) is 2.57. The van der Waals surface area contributed by atoms with Gasteiger partial charge >= 0.3 is 6.18 Å². The summed E-state index contributed by atoms with van der Waals surface area (Å²) in [6.07, 6.45) is -4.36. The second-order valence-corrected chi connectivity index (χ2v) is 6.21. The van der Waals surface area contributed by atoms with Crippen molar-refractivity contribution in [3.05, 3.63) is 65.5 Å². The van der Waals surface area contributed by atoms with Gasteiger partial charge in [0.2, 0.25) is 0 Å². The summed E-state index contributed by atoms with van der Waals surface area (Å²) in [6, 6.07) is 12.9. The molecular formula is C19H22F4N2O. The van der Waals surface area contributed by atoms with Crippen molar-refractivity contribution < 1.29 is 22.3 Å². The molecule has 0 aliphatic rings. The third-order valence-electron chi connectivity index (χ3n) is 3.85. The Morgan fingerprint density at radius 2 is 1.77 bits per heavy atom. The first-order chi connectivity index (χ1) is 12.2. The van der Waals surface area contributed by atoms with Crippen LogP contribution in [0.15, 0.2) is 48.5 Å². The van der Waals surface area contributed by atoms with Gasteiger partial charge < -0.3 is 15.0 Å². The van der Waals surface area contributed by atoms with E-state index < -0.39 is 12.8 Å². The highest BCUT2D eigenvalue weighted by molar-refractivity contribution is 5.28. The van der Waals surface area contributed by atoms with Crippen LogP contribution in [0.2, 0.25) is 0 Å². The molecule has 0 aliphatic carbocycles. The van der Waals surface area contributed by atoms with E-state index in [1.807, 2.05) is 25.1 Å². The lowest BCUT2D eigenvalue weighted by Gasteiger charge is -2.25. The molecule has 3 nitrogen and oxygen atoms in total. The Morgan fingerprint density at radius 1 is 1.08 bits per heavy atom. The molecule has 0 amide bonds. The minimum atomic E-state index is -4.36. The molecule has 0 aliphatic heterocycles. The Hall–Kier alpha value is -2.12. The molecule has 2 aromatic carbocycles. The quantitative estimate of drug-likeness (QED) is 0.707. The summed E-state index contributed by atoms with van der Waals surface area (Å²) in [5, 5.41) is 3.28. The van der Waals surface area contributed by atoms with Crippen molar-refractivity contribution in [2.45, 2.75) is 18.8 Å². The number of nitrogens with one attached hydrogen (secondary N) is 1. The molecule has 2 rings (SSSR count). The molecule has 7 heteroatoms. The van der Waals surface area contributed by atoms with E-state index in [1.165, 1.54) is 18.2 Å². The molecule has 0 heterocycles. The molecule has 142 valence electrons. The predicted molar refractivity (Wildman–Crippen MR) is 92.5 cm³/mol. The summed E-state index contributed by atoms with van der Waals surface area (Å²) in [4.78, 5) is 2.02. The van der Waals surface area contributed by atoms with E-state index in [-0.39, 0.29) is 17.6 Å². The maximum atomic E-state index is 13.1. The highest BCUT2D eigenvalue weighted by Gasteiger charge is 2.28. The van der Waals surface area contributed by atoms with Crippen LogP contribution in [-0.2, 0) is 6.54 Å². The molecule has 0 saturated carbocycles. The summed E-state index contributed by atoms with van der Waals surface area (Å²) in [7, 11) is 3.86. The van der Waals surface area contributed by atoms with E-state index >= 15 is 0 Å². The molecule has 0 saturated heterocycles. The lowest BCUT2D eigenvalue weighted by atomic mass is 10.1. The predicted octanol–water partition coefficient (Wildman–Crippen LogP) is 4.16. The van der Waals surface area contributed by atoms with Crippen LogP contribution in [0.5, 0.6) is 5.75 Å². The van der Waals surface area contributed by atoms with E-state index in [9.17, 15) is 17.6 Å². The highest BCUT2D eigenvalue weighted by atomic mass is 19.4. The van der Waals surface area contributed by atoms with Gasteiger partial charge in [0.15, 0.2) is 6.61 Å². The van der Waals surface area contributed by atoms with Crippen LogP contribution in [0.4, 0.5) is 17.6 Å². The van der Waals surface area contributed by atoms with Crippen molar-refractivity contribution >= 4 is 0 Å². The van der Waals surface area contributed by atoms with Crippen LogP contribution in [-0.4, -0.2) is 38.3 Å². The van der Waals surface area contributed by atoms with Crippen LogP contribution in [0, 0.1) is 5.82 Å². The van der Waals surface area contributed by atoms with Crippen molar-refractivity contribution in [2.24, 2.45) is 0 Å². The van der Waals surface area contributed by atoms with Gasteiger partial charge in [-0.15, -0.1) is 0 Å². The molecular weight excluding hydrogens is 348 g/mol. The van der Waals surface area contributed by atoms with Gasteiger partial charge in [0.25, 0.3) is 0 Å². The van der Waals surface area contributed by atoms with E-state index in [0.29, 0.717) is 13.1 Å². The van der Waals surface area contributed by atoms with Gasteiger partial charge in [-0.25, -0.2) is 4.39 Å². The second kappa shape index (κ2) is 9.00. The highest BCUT2D eigenvalue weighted by Crippen LogP contribution is 2.20. The topological polar surface area (TPSA) is 24.5 Å². The first kappa shape index (κ1) is 20.2. The van der Waals surface area contributed by atoms with Gasteiger partial charge in [-0.2, -0.15) is 13.2 Å². The maximum absolute atomic E-state index is 13.1. The minimum absolute atomic E-state index is 0.0419. The first-order valence-electron chi connectivity index (χ1n) is 8.16. The standard InChI is InChI=1S/C19H22F4N2O/c1-25(2)18(15-6-8-16(20)9-7-15)12-24-11-14-4-3-5-17(10-14)26-13-19(21,22)23/h3-10,18,24H,11-13H2,1-2H3. The van der Waals surface area contributed by atoms with Gasteiger partial charge in [0, 0.05) is 19.1 Å². The van der Waals surface area contributed by atoms with Gasteiger partial charge in [0.05, 0.1) is 0 Å². The summed E-state index contributed by atoms with van der Waals surface area (Å²) >= 11 is 0. The van der Waals surface area contributed by atoms with E-state index in [4.69, 9.17) is 4.74 Å². The Kier molecular flexibility index (Phi) is 6.99. The zero-order valence-corrected chi connectivity index (χ0v) is 14.7. The van der Waals surface area contributed by atoms with Crippen LogP contribution in [0.1, 0.15) is 17.2 Å². The third kappa shape index (κ3) is 6.65. The molecule has 1 unspecified atom stereocenters. The fourth-order valence-electron chi connectivity index (χ4n) is 2.55. The number of benzene rings is 2. The third-order valence-corrected chi connectivity index (χ3v) is 3.85. The molecule has 1 N–H and O–H groups in total. The second-order valence-electron chi connectivity index (χ2n) is 6.21. The molecule has 0 aromatic heterocycles. The van der Waals surface area contributed by atoms with E-state index in [0.717, 1.165) is 11.1 Å². The lowest BCUT2D eigenvalue weighted by Crippen LogP contribution is -2.30. The zero-order valence-electron chi connectivity index (χ0n) is 14.7. The number of nitrogens with zero attached hydrogens (tertiary/aromatic N) is 1. The number of hydrogen-bond donors (Lipinski definition) is 1. The summed E-state index contributed by atoms with van der Waals surface area (Å²) in [5.74, 6) is -0.0980. The molecule has 2 aromatic rings. The molecule has 26 heavy (non-hydrogen) atoms. The number of likely N-dealkylation sites (N-methyl/N-ethyl adjacent to an activating group) is 1. The van der Waals surface area contributed by atoms with Gasteiger partial charge in [-0.05, 0) is 49.5 Å². The molecule has 0 spiro atoms. The van der Waals surface area contributed by atoms with Crippen molar-refractivity contribution in [3.8, 4) is 5.75 Å².